The van der Waals surface area contributed by atoms with Crippen LogP contribution in [0.3, 0.4) is 0 Å². The molecule has 1 aliphatic heterocycles. The number of nitrogens with two attached hydrogens (primary N) is 1. The van der Waals surface area contributed by atoms with Crippen LogP contribution < -0.4 is 16.0 Å². The number of amides is 2. The molecule has 0 radical (unpaired) electrons. The van der Waals surface area contributed by atoms with Gasteiger partial charge in [0.25, 0.3) is 5.91 Å². The number of ether oxygens (including phenoxy) is 2. The van der Waals surface area contributed by atoms with E-state index in [0.29, 0.717) is 17.7 Å². The molecule has 1 saturated heterocycles. The van der Waals surface area contributed by atoms with Crippen molar-refractivity contribution < 1.29 is 36.3 Å². The first-order valence-corrected chi connectivity index (χ1v) is 13.1. The molecule has 0 saturated carbocycles. The zero-order valence-electron chi connectivity index (χ0n) is 19.7. The lowest BCUT2D eigenvalue weighted by Gasteiger charge is -2.26. The minimum Gasteiger partial charge on any atom is -0.447 e. The van der Waals surface area contributed by atoms with Crippen LogP contribution >= 0.6 is 0 Å². The summed E-state index contributed by atoms with van der Waals surface area (Å²) in [5.41, 5.74) is 6.71. The Kier molecular flexibility index (Phi) is 9.21. The third-order valence-electron chi connectivity index (χ3n) is 5.97. The highest BCUT2D eigenvalue weighted by atomic mass is 32.2. The van der Waals surface area contributed by atoms with Gasteiger partial charge in [-0.3, -0.25) is 4.79 Å². The first-order valence-electron chi connectivity index (χ1n) is 11.4. The summed E-state index contributed by atoms with van der Waals surface area (Å²) in [5, 5.41) is 2.77. The number of carbonyl (C=O) groups is 2. The highest BCUT2D eigenvalue weighted by Crippen LogP contribution is 2.27. The lowest BCUT2D eigenvalue weighted by molar-refractivity contribution is -0.131. The number of nitrogens with zero attached hydrogens (tertiary/aromatic N) is 1. The summed E-state index contributed by atoms with van der Waals surface area (Å²) >= 11 is 0. The van der Waals surface area contributed by atoms with Crippen LogP contribution in [0.5, 0.6) is 0 Å². The van der Waals surface area contributed by atoms with Crippen molar-refractivity contribution in [1.29, 1.82) is 0 Å². The Morgan fingerprint density at radius 1 is 1.14 bits per heavy atom. The Hall–Kier alpha value is -3.25. The van der Waals surface area contributed by atoms with E-state index in [4.69, 9.17) is 10.5 Å². The Morgan fingerprint density at radius 3 is 2.39 bits per heavy atom. The van der Waals surface area contributed by atoms with E-state index in [-0.39, 0.29) is 29.9 Å². The molecule has 2 aromatic carbocycles. The van der Waals surface area contributed by atoms with E-state index < -0.39 is 34.5 Å². The molecule has 0 spiro atoms. The van der Waals surface area contributed by atoms with E-state index in [1.165, 1.54) is 24.3 Å². The molecule has 0 bridgehead atoms. The van der Waals surface area contributed by atoms with Crippen molar-refractivity contribution in [1.82, 2.24) is 5.32 Å². The first kappa shape index (κ1) is 27.3. The first-order chi connectivity index (χ1) is 17.1. The van der Waals surface area contributed by atoms with Gasteiger partial charge in [-0.15, -0.1) is 0 Å². The second-order valence-electron chi connectivity index (χ2n) is 8.26. The fraction of sp³-hybridized carbons (Fsp3) is 0.417. The zero-order chi connectivity index (χ0) is 26.3. The number of hydrogen-bond acceptors (Lipinski definition) is 7. The quantitative estimate of drug-likeness (QED) is 0.461. The second kappa shape index (κ2) is 12.1. The SMILES string of the molecule is CCS(=O)(=O)c1ccc([C@H](COC(N)=O)NC(=O)c2ccc(N3CCC[C@H]3COC(F)F)cc2)cc1. The number of halogens is 2. The topological polar surface area (TPSA) is 128 Å². The number of alkyl halides is 2. The van der Waals surface area contributed by atoms with Gasteiger partial charge in [-0.25, -0.2) is 13.2 Å². The van der Waals surface area contributed by atoms with Crippen molar-refractivity contribution in [3.8, 4) is 0 Å². The molecule has 2 atom stereocenters. The predicted molar refractivity (Wildman–Crippen MR) is 129 cm³/mol. The van der Waals surface area contributed by atoms with Gasteiger partial charge in [0.15, 0.2) is 9.84 Å². The molecule has 1 fully saturated rings. The van der Waals surface area contributed by atoms with E-state index >= 15 is 0 Å². The molecule has 196 valence electrons. The standard InChI is InChI=1S/C24H29F2N3O6S/c1-2-36(32,33)20-11-7-16(8-12-20)21(15-35-24(27)31)28-22(30)17-5-9-18(10-6-17)29-13-3-4-19(29)14-34-23(25)26/h5-12,19,21,23H,2-4,13-15H2,1H3,(H2,27,31)(H,28,30)/t19-,21-/m0/s1. The van der Waals surface area contributed by atoms with Crippen LogP contribution in [-0.2, 0) is 19.3 Å². The van der Waals surface area contributed by atoms with Crippen LogP contribution in [0.25, 0.3) is 0 Å². The van der Waals surface area contributed by atoms with Gasteiger partial charge in [-0.05, 0) is 54.8 Å². The summed E-state index contributed by atoms with van der Waals surface area (Å²) in [6.07, 6.45) is 0.564. The van der Waals surface area contributed by atoms with E-state index in [2.05, 4.69) is 10.1 Å². The van der Waals surface area contributed by atoms with Gasteiger partial charge in [0.1, 0.15) is 6.61 Å². The molecule has 3 rings (SSSR count). The van der Waals surface area contributed by atoms with Crippen molar-refractivity contribution >= 4 is 27.5 Å². The van der Waals surface area contributed by atoms with Gasteiger partial charge >= 0.3 is 12.7 Å². The monoisotopic (exact) mass is 525 g/mol. The van der Waals surface area contributed by atoms with E-state index in [0.717, 1.165) is 18.5 Å². The Morgan fingerprint density at radius 2 is 1.81 bits per heavy atom. The zero-order valence-corrected chi connectivity index (χ0v) is 20.5. The number of primary amides is 1. The molecule has 36 heavy (non-hydrogen) atoms. The molecule has 1 aliphatic rings. The van der Waals surface area contributed by atoms with Gasteiger partial charge in [0, 0.05) is 17.8 Å². The van der Waals surface area contributed by atoms with Gasteiger partial charge in [0.05, 0.1) is 29.3 Å². The normalized spacial score (nSPS) is 16.7. The summed E-state index contributed by atoms with van der Waals surface area (Å²) in [4.78, 5) is 26.2. The third-order valence-corrected chi connectivity index (χ3v) is 7.72. The maximum Gasteiger partial charge on any atom is 0.404 e. The molecule has 12 heteroatoms. The maximum atomic E-state index is 12.9. The molecule has 2 amide bonds. The summed E-state index contributed by atoms with van der Waals surface area (Å²) < 4.78 is 58.4. The fourth-order valence-corrected chi connectivity index (χ4v) is 4.92. The van der Waals surface area contributed by atoms with Crippen molar-refractivity contribution in [2.75, 3.05) is 30.4 Å². The van der Waals surface area contributed by atoms with Crippen molar-refractivity contribution in [3.05, 3.63) is 59.7 Å². The van der Waals surface area contributed by atoms with Crippen molar-refractivity contribution in [3.63, 3.8) is 0 Å². The lowest BCUT2D eigenvalue weighted by atomic mass is 10.1. The molecular weight excluding hydrogens is 496 g/mol. The smallest absolute Gasteiger partial charge is 0.404 e. The van der Waals surface area contributed by atoms with Crippen LogP contribution in [-0.4, -0.2) is 58.6 Å². The van der Waals surface area contributed by atoms with Gasteiger partial charge in [-0.2, -0.15) is 8.78 Å². The lowest BCUT2D eigenvalue weighted by Crippen LogP contribution is -2.34. The molecule has 2 aromatic rings. The van der Waals surface area contributed by atoms with E-state index in [1.54, 1.807) is 31.2 Å². The maximum absolute atomic E-state index is 12.9. The average Bonchev–Trinajstić information content (AvgIpc) is 3.34. The number of nitrogens with one attached hydrogen (secondary N) is 1. The van der Waals surface area contributed by atoms with Gasteiger partial charge < -0.3 is 25.4 Å². The number of hydrogen-bond donors (Lipinski definition) is 2. The third kappa shape index (κ3) is 7.14. The number of benzene rings is 2. The van der Waals surface area contributed by atoms with Crippen LogP contribution in [0.15, 0.2) is 53.4 Å². The van der Waals surface area contributed by atoms with Gasteiger partial charge in [0.2, 0.25) is 0 Å². The minimum absolute atomic E-state index is 0.0509. The average molecular weight is 526 g/mol. The molecule has 0 aromatic heterocycles. The Balaban J connectivity index is 1.72. The molecule has 0 aliphatic carbocycles. The van der Waals surface area contributed by atoms with Crippen molar-refractivity contribution in [2.45, 2.75) is 43.4 Å². The Labute approximate surface area is 208 Å². The number of sulfone groups is 1. The summed E-state index contributed by atoms with van der Waals surface area (Å²) in [6, 6.07) is 11.7. The Bertz CT molecular complexity index is 1140. The summed E-state index contributed by atoms with van der Waals surface area (Å²) in [6.45, 7) is -0.922. The highest BCUT2D eigenvalue weighted by Gasteiger charge is 2.26. The molecule has 3 N–H and O–H groups in total. The number of carbonyl (C=O) groups excluding carboxylic acids is 2. The van der Waals surface area contributed by atoms with E-state index in [9.17, 15) is 26.8 Å². The summed E-state index contributed by atoms with van der Waals surface area (Å²) in [5.74, 6) is -0.506. The van der Waals surface area contributed by atoms with Crippen LogP contribution in [0.1, 0.15) is 41.7 Å². The fourth-order valence-electron chi connectivity index (χ4n) is 4.04. The number of rotatable bonds is 11. The minimum atomic E-state index is -3.40. The summed E-state index contributed by atoms with van der Waals surface area (Å²) in [7, 11) is -3.40. The van der Waals surface area contributed by atoms with Crippen LogP contribution in [0.2, 0.25) is 0 Å². The number of anilines is 1. The predicted octanol–water partition coefficient (Wildman–Crippen LogP) is 3.25. The molecule has 1 heterocycles. The van der Waals surface area contributed by atoms with Crippen molar-refractivity contribution in [2.24, 2.45) is 5.73 Å². The molecular formula is C24H29F2N3O6S. The molecule has 9 nitrogen and oxygen atoms in total. The highest BCUT2D eigenvalue weighted by molar-refractivity contribution is 7.91. The van der Waals surface area contributed by atoms with Gasteiger partial charge in [-0.1, -0.05) is 19.1 Å². The van der Waals surface area contributed by atoms with Crippen LogP contribution in [0, 0.1) is 0 Å². The molecule has 0 unspecified atom stereocenters. The largest absolute Gasteiger partial charge is 0.447 e. The van der Waals surface area contributed by atoms with E-state index in [1.807, 2.05) is 4.90 Å². The van der Waals surface area contributed by atoms with Crippen LogP contribution in [0.4, 0.5) is 19.3 Å². The second-order valence-corrected chi connectivity index (χ2v) is 10.5.